The summed E-state index contributed by atoms with van der Waals surface area (Å²) >= 11 is 1.88. The lowest BCUT2D eigenvalue weighted by Crippen LogP contribution is -2.18. The number of hydrogen-bond donors (Lipinski definition) is 2. The summed E-state index contributed by atoms with van der Waals surface area (Å²) in [5.41, 5.74) is 0. The van der Waals surface area contributed by atoms with Gasteiger partial charge in [0, 0.05) is 22.2 Å². The molecular formula is C16H23NOS. The molecule has 1 unspecified atom stereocenters. The summed E-state index contributed by atoms with van der Waals surface area (Å²) in [6.07, 6.45) is 4.46. The largest absolute Gasteiger partial charge is 0.396 e. The van der Waals surface area contributed by atoms with E-state index in [0.717, 1.165) is 19.4 Å². The minimum atomic E-state index is 0.325. The van der Waals surface area contributed by atoms with Crippen molar-refractivity contribution in [2.24, 2.45) is 0 Å². The van der Waals surface area contributed by atoms with E-state index in [1.807, 2.05) is 11.3 Å². The van der Waals surface area contributed by atoms with E-state index in [1.165, 1.54) is 27.8 Å². The summed E-state index contributed by atoms with van der Waals surface area (Å²) in [6, 6.07) is 11.3. The Morgan fingerprint density at radius 1 is 1.16 bits per heavy atom. The fourth-order valence-corrected chi connectivity index (χ4v) is 3.32. The molecule has 19 heavy (non-hydrogen) atoms. The minimum Gasteiger partial charge on any atom is -0.396 e. The summed E-state index contributed by atoms with van der Waals surface area (Å²) in [7, 11) is 0. The first-order chi connectivity index (χ1) is 9.31. The Morgan fingerprint density at radius 2 is 1.95 bits per heavy atom. The first-order valence-electron chi connectivity index (χ1n) is 7.14. The van der Waals surface area contributed by atoms with Crippen molar-refractivity contribution < 1.29 is 5.11 Å². The first kappa shape index (κ1) is 14.5. The Kier molecular flexibility index (Phi) is 5.83. The molecule has 0 bridgehead atoms. The van der Waals surface area contributed by atoms with Crippen LogP contribution in [-0.4, -0.2) is 18.3 Å². The van der Waals surface area contributed by atoms with Crippen LogP contribution in [0.1, 0.15) is 43.5 Å². The van der Waals surface area contributed by atoms with Crippen molar-refractivity contribution in [2.45, 2.75) is 38.6 Å². The summed E-state index contributed by atoms with van der Waals surface area (Å²) in [6.45, 7) is 3.62. The molecule has 1 aromatic heterocycles. The lowest BCUT2D eigenvalue weighted by molar-refractivity contribution is 0.282. The number of nitrogens with one attached hydrogen (secondary N) is 1. The van der Waals surface area contributed by atoms with Crippen molar-refractivity contribution in [1.82, 2.24) is 5.32 Å². The second-order valence-corrected chi connectivity index (χ2v) is 6.12. The third-order valence-corrected chi connectivity index (χ3v) is 4.71. The normalized spacial score (nSPS) is 12.9. The van der Waals surface area contributed by atoms with E-state index in [9.17, 15) is 0 Å². The van der Waals surface area contributed by atoms with Crippen LogP contribution in [0, 0.1) is 0 Å². The average molecular weight is 277 g/mol. The molecular weight excluding hydrogens is 254 g/mol. The molecule has 0 saturated carbocycles. The third kappa shape index (κ3) is 4.30. The molecule has 1 aromatic carbocycles. The maximum absolute atomic E-state index is 8.71. The quantitative estimate of drug-likeness (QED) is 0.712. The highest BCUT2D eigenvalue weighted by Crippen LogP contribution is 2.29. The maximum atomic E-state index is 8.71. The predicted octanol–water partition coefficient (Wildman–Crippen LogP) is 4.10. The number of fused-ring (bicyclic) bond motifs is 1. The second kappa shape index (κ2) is 7.63. The molecule has 0 amide bonds. The van der Waals surface area contributed by atoms with Gasteiger partial charge in [-0.05, 0) is 43.8 Å². The van der Waals surface area contributed by atoms with Crippen LogP contribution in [-0.2, 0) is 0 Å². The highest BCUT2D eigenvalue weighted by Gasteiger charge is 2.08. The molecule has 0 aliphatic heterocycles. The number of rotatable bonds is 8. The van der Waals surface area contributed by atoms with Crippen molar-refractivity contribution in [1.29, 1.82) is 0 Å². The molecule has 0 radical (unpaired) electrons. The fourth-order valence-electron chi connectivity index (χ4n) is 2.23. The van der Waals surface area contributed by atoms with Crippen molar-refractivity contribution in [3.63, 3.8) is 0 Å². The summed E-state index contributed by atoms with van der Waals surface area (Å²) in [4.78, 5) is 1.41. The lowest BCUT2D eigenvalue weighted by Gasteiger charge is -2.11. The summed E-state index contributed by atoms with van der Waals surface area (Å²) in [5, 5.41) is 13.6. The van der Waals surface area contributed by atoms with Gasteiger partial charge in [0.1, 0.15) is 0 Å². The average Bonchev–Trinajstić information content (AvgIpc) is 2.86. The van der Waals surface area contributed by atoms with Crippen LogP contribution < -0.4 is 5.32 Å². The zero-order chi connectivity index (χ0) is 13.5. The molecule has 104 valence electrons. The van der Waals surface area contributed by atoms with Gasteiger partial charge >= 0.3 is 0 Å². The Morgan fingerprint density at radius 3 is 2.74 bits per heavy atom. The monoisotopic (exact) mass is 277 g/mol. The van der Waals surface area contributed by atoms with Gasteiger partial charge in [0.25, 0.3) is 0 Å². The molecule has 0 fully saturated rings. The van der Waals surface area contributed by atoms with Gasteiger partial charge < -0.3 is 10.4 Å². The Hall–Kier alpha value is -0.900. The van der Waals surface area contributed by atoms with E-state index < -0.39 is 0 Å². The number of benzene rings is 1. The van der Waals surface area contributed by atoms with Crippen LogP contribution in [0.5, 0.6) is 0 Å². The van der Waals surface area contributed by atoms with Gasteiger partial charge in [-0.2, -0.15) is 0 Å². The summed E-state index contributed by atoms with van der Waals surface area (Å²) in [5.74, 6) is 0. The minimum absolute atomic E-state index is 0.325. The van der Waals surface area contributed by atoms with Gasteiger partial charge in [-0.25, -0.2) is 0 Å². The summed E-state index contributed by atoms with van der Waals surface area (Å²) < 4.78 is 1.37. The van der Waals surface area contributed by atoms with Crippen LogP contribution in [0.2, 0.25) is 0 Å². The van der Waals surface area contributed by atoms with Gasteiger partial charge in [0.05, 0.1) is 0 Å². The number of hydrogen-bond acceptors (Lipinski definition) is 3. The van der Waals surface area contributed by atoms with Gasteiger partial charge in [0.15, 0.2) is 0 Å². The highest BCUT2D eigenvalue weighted by molar-refractivity contribution is 7.19. The SMILES string of the molecule is CC(NCCCCCCO)c1cc2ccccc2s1. The van der Waals surface area contributed by atoms with E-state index >= 15 is 0 Å². The Balaban J connectivity index is 1.78. The lowest BCUT2D eigenvalue weighted by atomic mass is 10.2. The molecule has 1 atom stereocenters. The molecule has 0 saturated heterocycles. The fraction of sp³-hybridized carbons (Fsp3) is 0.500. The van der Waals surface area contributed by atoms with E-state index in [-0.39, 0.29) is 0 Å². The molecule has 2 aromatic rings. The highest BCUT2D eigenvalue weighted by atomic mass is 32.1. The Bertz CT molecular complexity index is 461. The Labute approximate surface area is 119 Å². The van der Waals surface area contributed by atoms with Crippen molar-refractivity contribution in [3.05, 3.63) is 35.2 Å². The van der Waals surface area contributed by atoms with Gasteiger partial charge in [-0.15, -0.1) is 11.3 Å². The number of aliphatic hydroxyl groups excluding tert-OH is 1. The van der Waals surface area contributed by atoms with Crippen molar-refractivity contribution >= 4 is 21.4 Å². The zero-order valence-corrected chi connectivity index (χ0v) is 12.4. The molecule has 0 aliphatic rings. The molecule has 1 heterocycles. The van der Waals surface area contributed by atoms with E-state index in [2.05, 4.69) is 42.6 Å². The topological polar surface area (TPSA) is 32.3 Å². The molecule has 2 N–H and O–H groups in total. The van der Waals surface area contributed by atoms with Gasteiger partial charge in [0.2, 0.25) is 0 Å². The second-order valence-electron chi connectivity index (χ2n) is 5.00. The van der Waals surface area contributed by atoms with Crippen LogP contribution in [0.3, 0.4) is 0 Å². The standard InChI is InChI=1S/C16H23NOS/c1-13(17-10-6-2-3-7-11-18)16-12-14-8-4-5-9-15(14)19-16/h4-5,8-9,12-13,17-18H,2-3,6-7,10-11H2,1H3. The first-order valence-corrected chi connectivity index (χ1v) is 7.95. The van der Waals surface area contributed by atoms with Crippen LogP contribution in [0.25, 0.3) is 10.1 Å². The predicted molar refractivity (Wildman–Crippen MR) is 83.8 cm³/mol. The van der Waals surface area contributed by atoms with E-state index in [4.69, 9.17) is 5.11 Å². The molecule has 2 nitrogen and oxygen atoms in total. The molecule has 0 aliphatic carbocycles. The number of thiophene rings is 1. The molecule has 3 heteroatoms. The third-order valence-electron chi connectivity index (χ3n) is 3.41. The zero-order valence-electron chi connectivity index (χ0n) is 11.6. The van der Waals surface area contributed by atoms with Gasteiger partial charge in [-0.3, -0.25) is 0 Å². The van der Waals surface area contributed by atoms with Crippen LogP contribution >= 0.6 is 11.3 Å². The van der Waals surface area contributed by atoms with Crippen LogP contribution in [0.15, 0.2) is 30.3 Å². The smallest absolute Gasteiger partial charge is 0.0431 e. The van der Waals surface area contributed by atoms with Crippen molar-refractivity contribution in [2.75, 3.05) is 13.2 Å². The molecule has 0 spiro atoms. The number of aliphatic hydroxyl groups is 1. The maximum Gasteiger partial charge on any atom is 0.0431 e. The molecule has 2 rings (SSSR count). The number of unbranched alkanes of at least 4 members (excludes halogenated alkanes) is 3. The van der Waals surface area contributed by atoms with Gasteiger partial charge in [-0.1, -0.05) is 31.0 Å². The van der Waals surface area contributed by atoms with Crippen molar-refractivity contribution in [3.8, 4) is 0 Å². The van der Waals surface area contributed by atoms with E-state index in [0.29, 0.717) is 12.6 Å². The van der Waals surface area contributed by atoms with E-state index in [1.54, 1.807) is 0 Å². The van der Waals surface area contributed by atoms with Crippen LogP contribution in [0.4, 0.5) is 0 Å².